The van der Waals surface area contributed by atoms with Gasteiger partial charge in [0.1, 0.15) is 35.2 Å². The minimum absolute atomic E-state index is 0.316. The summed E-state index contributed by atoms with van der Waals surface area (Å²) in [6.07, 6.45) is 3.98. The Kier molecular flexibility index (Phi) is 5.10. The van der Waals surface area contributed by atoms with Crippen LogP contribution in [0.3, 0.4) is 0 Å². The second kappa shape index (κ2) is 8.22. The molecule has 8 nitrogen and oxygen atoms in total. The van der Waals surface area contributed by atoms with Gasteiger partial charge in [0.2, 0.25) is 0 Å². The number of aromatic nitrogens is 3. The highest BCUT2D eigenvalue weighted by molar-refractivity contribution is 5.85. The number of carboxylic acid groups (broad SMARTS) is 1. The number of anilines is 1. The second-order valence-electron chi connectivity index (χ2n) is 7.78. The largest absolute Gasteiger partial charge is 0.489 e. The summed E-state index contributed by atoms with van der Waals surface area (Å²) in [7, 11) is 0. The maximum atomic E-state index is 11.7. The Bertz CT molecular complexity index is 1250. The summed E-state index contributed by atoms with van der Waals surface area (Å²) in [5.41, 5.74) is 9.53. The van der Waals surface area contributed by atoms with Crippen molar-refractivity contribution in [2.24, 2.45) is 0 Å². The van der Waals surface area contributed by atoms with Crippen molar-refractivity contribution in [2.75, 3.05) is 12.3 Å². The molecule has 162 valence electrons. The highest BCUT2D eigenvalue weighted by atomic mass is 16.5. The number of likely N-dealkylation sites (tertiary alicyclic amines) is 1. The first-order chi connectivity index (χ1) is 15.6. The lowest BCUT2D eigenvalue weighted by atomic mass is 10.1. The Balaban J connectivity index is 1.48. The van der Waals surface area contributed by atoms with Crippen molar-refractivity contribution in [2.45, 2.75) is 25.5 Å². The van der Waals surface area contributed by atoms with E-state index in [4.69, 9.17) is 15.5 Å². The first-order valence-corrected chi connectivity index (χ1v) is 10.5. The van der Waals surface area contributed by atoms with E-state index in [2.05, 4.69) is 4.98 Å². The molecule has 1 fully saturated rings. The fourth-order valence-electron chi connectivity index (χ4n) is 4.24. The van der Waals surface area contributed by atoms with E-state index in [-0.39, 0.29) is 6.04 Å². The molecule has 1 unspecified atom stereocenters. The number of carbonyl (C=O) groups is 1. The van der Waals surface area contributed by atoms with Gasteiger partial charge in [-0.25, -0.2) is 14.8 Å². The zero-order chi connectivity index (χ0) is 22.1. The third-order valence-corrected chi connectivity index (χ3v) is 5.78. The van der Waals surface area contributed by atoms with E-state index in [9.17, 15) is 9.90 Å². The van der Waals surface area contributed by atoms with Gasteiger partial charge in [0.15, 0.2) is 0 Å². The van der Waals surface area contributed by atoms with Gasteiger partial charge < -0.3 is 15.6 Å². The molecule has 3 heterocycles. The third kappa shape index (κ3) is 3.60. The average molecular weight is 429 g/mol. The molecule has 0 radical (unpaired) electrons. The van der Waals surface area contributed by atoms with Crippen molar-refractivity contribution in [1.29, 1.82) is 0 Å². The summed E-state index contributed by atoms with van der Waals surface area (Å²) >= 11 is 0. The number of ether oxygens (including phenoxy) is 1. The molecular weight excluding hydrogens is 406 g/mol. The molecule has 4 aromatic rings. The molecule has 1 saturated heterocycles. The predicted molar refractivity (Wildman–Crippen MR) is 120 cm³/mol. The Morgan fingerprint density at radius 1 is 1.16 bits per heavy atom. The zero-order valence-corrected chi connectivity index (χ0v) is 17.4. The number of benzene rings is 2. The summed E-state index contributed by atoms with van der Waals surface area (Å²) in [6.45, 7) is 0.986. The van der Waals surface area contributed by atoms with E-state index in [1.165, 1.54) is 4.90 Å². The van der Waals surface area contributed by atoms with Gasteiger partial charge in [0.05, 0.1) is 6.04 Å². The fraction of sp³-hybridized carbons (Fsp3) is 0.208. The molecule has 8 heteroatoms. The third-order valence-electron chi connectivity index (χ3n) is 5.78. The van der Waals surface area contributed by atoms with Crippen LogP contribution in [0.4, 0.5) is 10.6 Å². The minimum Gasteiger partial charge on any atom is -0.489 e. The van der Waals surface area contributed by atoms with Gasteiger partial charge in [-0.1, -0.05) is 30.3 Å². The van der Waals surface area contributed by atoms with E-state index >= 15 is 0 Å². The molecule has 0 spiro atoms. The van der Waals surface area contributed by atoms with Gasteiger partial charge in [-0.2, -0.15) is 0 Å². The minimum atomic E-state index is -0.937. The van der Waals surface area contributed by atoms with Gasteiger partial charge in [0, 0.05) is 24.5 Å². The molecule has 3 N–H and O–H groups in total. The van der Waals surface area contributed by atoms with Gasteiger partial charge >= 0.3 is 6.09 Å². The Hall–Kier alpha value is -4.07. The lowest BCUT2D eigenvalue weighted by Crippen LogP contribution is -2.29. The molecule has 2 aromatic carbocycles. The molecule has 0 bridgehead atoms. The van der Waals surface area contributed by atoms with Crippen LogP contribution in [0.15, 0.2) is 67.0 Å². The van der Waals surface area contributed by atoms with Crippen LogP contribution in [0.2, 0.25) is 0 Å². The average Bonchev–Trinajstić information content (AvgIpc) is 3.44. The normalized spacial score (nSPS) is 15.9. The molecule has 1 amide bonds. The number of nitrogens with zero attached hydrogens (tertiary/aromatic N) is 4. The number of nitrogens with two attached hydrogens (primary N) is 1. The van der Waals surface area contributed by atoms with Crippen LogP contribution in [0.1, 0.15) is 30.3 Å². The van der Waals surface area contributed by atoms with Crippen LogP contribution in [0, 0.1) is 0 Å². The van der Waals surface area contributed by atoms with Crippen molar-refractivity contribution < 1.29 is 14.6 Å². The number of rotatable bonds is 5. The topological polar surface area (TPSA) is 106 Å². The lowest BCUT2D eigenvalue weighted by molar-refractivity contribution is 0.138. The molecule has 32 heavy (non-hydrogen) atoms. The van der Waals surface area contributed by atoms with Crippen LogP contribution in [0.25, 0.3) is 16.8 Å². The zero-order valence-electron chi connectivity index (χ0n) is 17.4. The maximum absolute atomic E-state index is 11.7. The fourth-order valence-corrected chi connectivity index (χ4v) is 4.24. The molecule has 2 aromatic heterocycles. The molecule has 5 rings (SSSR count). The van der Waals surface area contributed by atoms with E-state index in [0.29, 0.717) is 36.0 Å². The first kappa shape index (κ1) is 19.9. The Labute approximate surface area is 184 Å². The SMILES string of the molecule is Nc1nccn2c(C3CCCN3C(=O)O)nc(-c3ccc(OCc4ccccc4)cc3)c12. The number of hydrogen-bond donors (Lipinski definition) is 2. The predicted octanol–water partition coefficient (Wildman–Crippen LogP) is 4.37. The van der Waals surface area contributed by atoms with Crippen LogP contribution in [-0.4, -0.2) is 37.0 Å². The highest BCUT2D eigenvalue weighted by Gasteiger charge is 2.34. The number of hydrogen-bond acceptors (Lipinski definition) is 5. The number of nitrogen functional groups attached to an aromatic ring is 1. The molecule has 1 aliphatic rings. The molecular formula is C24H23N5O3. The van der Waals surface area contributed by atoms with E-state index in [1.807, 2.05) is 59.0 Å². The molecule has 0 aliphatic carbocycles. The van der Waals surface area contributed by atoms with Crippen LogP contribution < -0.4 is 10.5 Å². The number of amides is 1. The van der Waals surface area contributed by atoms with Crippen molar-refractivity contribution in [1.82, 2.24) is 19.3 Å². The summed E-state index contributed by atoms with van der Waals surface area (Å²) in [4.78, 5) is 22.2. The Morgan fingerprint density at radius 3 is 2.69 bits per heavy atom. The van der Waals surface area contributed by atoms with Crippen molar-refractivity contribution in [3.05, 3.63) is 78.4 Å². The van der Waals surface area contributed by atoms with Gasteiger partial charge in [-0.05, 0) is 42.7 Å². The summed E-state index contributed by atoms with van der Waals surface area (Å²) in [6, 6.07) is 17.3. The van der Waals surface area contributed by atoms with Gasteiger partial charge in [-0.3, -0.25) is 9.30 Å². The standard InChI is InChI=1S/C24H23N5O3/c25-22-21-20(17-8-10-18(11-9-17)32-15-16-5-2-1-3-6-16)27-23(29(21)14-12-26-22)19-7-4-13-28(19)24(30)31/h1-3,5-6,8-12,14,19H,4,7,13,15H2,(H2,25,26)(H,30,31). The van der Waals surface area contributed by atoms with Crippen LogP contribution in [0.5, 0.6) is 5.75 Å². The van der Waals surface area contributed by atoms with Crippen molar-refractivity contribution in [3.63, 3.8) is 0 Å². The Morgan fingerprint density at radius 2 is 1.94 bits per heavy atom. The summed E-state index contributed by atoms with van der Waals surface area (Å²) < 4.78 is 7.75. The van der Waals surface area contributed by atoms with Gasteiger partial charge in [0.25, 0.3) is 0 Å². The number of imidazole rings is 1. The molecule has 1 aliphatic heterocycles. The second-order valence-corrected chi connectivity index (χ2v) is 7.78. The lowest BCUT2D eigenvalue weighted by Gasteiger charge is -2.20. The van der Waals surface area contributed by atoms with E-state index in [0.717, 1.165) is 29.7 Å². The highest BCUT2D eigenvalue weighted by Crippen LogP contribution is 2.36. The quantitative estimate of drug-likeness (QED) is 0.488. The first-order valence-electron chi connectivity index (χ1n) is 10.5. The van der Waals surface area contributed by atoms with E-state index < -0.39 is 6.09 Å². The molecule has 1 atom stereocenters. The summed E-state index contributed by atoms with van der Waals surface area (Å²) in [5, 5.41) is 9.60. The van der Waals surface area contributed by atoms with Crippen LogP contribution in [-0.2, 0) is 6.61 Å². The smallest absolute Gasteiger partial charge is 0.407 e. The molecule has 0 saturated carbocycles. The number of fused-ring (bicyclic) bond motifs is 1. The maximum Gasteiger partial charge on any atom is 0.407 e. The summed E-state index contributed by atoms with van der Waals surface area (Å²) in [5.74, 6) is 1.76. The van der Waals surface area contributed by atoms with Crippen molar-refractivity contribution >= 4 is 17.4 Å². The van der Waals surface area contributed by atoms with Crippen molar-refractivity contribution in [3.8, 4) is 17.0 Å². The van der Waals surface area contributed by atoms with Crippen LogP contribution >= 0.6 is 0 Å². The van der Waals surface area contributed by atoms with E-state index in [1.54, 1.807) is 12.4 Å². The van der Waals surface area contributed by atoms with Gasteiger partial charge in [-0.15, -0.1) is 0 Å². The monoisotopic (exact) mass is 429 g/mol.